The van der Waals surface area contributed by atoms with Gasteiger partial charge in [-0.2, -0.15) is 0 Å². The van der Waals surface area contributed by atoms with Crippen molar-refractivity contribution in [2.45, 2.75) is 78.5 Å². The molecule has 134 valence electrons. The number of carbonyl (C=O) groups is 1. The highest BCUT2D eigenvalue weighted by atomic mass is 79.9. The maximum atomic E-state index is 12.8. The fourth-order valence-corrected chi connectivity index (χ4v) is 3.31. The molecule has 1 saturated carbocycles. The molecule has 1 aliphatic carbocycles. The van der Waals surface area contributed by atoms with Crippen molar-refractivity contribution in [3.63, 3.8) is 0 Å². The van der Waals surface area contributed by atoms with Crippen molar-refractivity contribution in [2.24, 2.45) is 5.41 Å². The quantitative estimate of drug-likeness (QED) is 0.613. The molecule has 1 amide bonds. The Kier molecular flexibility index (Phi) is 6.00. The predicted molar refractivity (Wildman–Crippen MR) is 102 cm³/mol. The third-order valence-electron chi connectivity index (χ3n) is 4.84. The molecule has 0 N–H and O–H groups in total. The van der Waals surface area contributed by atoms with Gasteiger partial charge in [0.05, 0.1) is 0 Å². The molecular formula is C20H30BrNO2. The number of hydrogen-bond donors (Lipinski definition) is 0. The second-order valence-corrected chi connectivity index (χ2v) is 9.55. The maximum absolute atomic E-state index is 12.8. The second kappa shape index (κ2) is 7.47. The van der Waals surface area contributed by atoms with Gasteiger partial charge in [0, 0.05) is 16.6 Å². The topological polar surface area (TPSA) is 29.5 Å². The van der Waals surface area contributed by atoms with E-state index in [-0.39, 0.29) is 17.7 Å². The van der Waals surface area contributed by atoms with Crippen LogP contribution in [0.3, 0.4) is 0 Å². The van der Waals surface area contributed by atoms with Gasteiger partial charge >= 0.3 is 6.09 Å². The molecule has 1 aromatic carbocycles. The zero-order chi connectivity index (χ0) is 18.0. The van der Waals surface area contributed by atoms with Crippen LogP contribution in [0.4, 0.5) is 4.79 Å². The molecule has 0 radical (unpaired) electrons. The van der Waals surface area contributed by atoms with Crippen molar-refractivity contribution < 1.29 is 9.53 Å². The predicted octanol–water partition coefficient (Wildman–Crippen LogP) is 6.16. The van der Waals surface area contributed by atoms with Gasteiger partial charge in [0.1, 0.15) is 6.10 Å². The summed E-state index contributed by atoms with van der Waals surface area (Å²) < 4.78 is 6.89. The van der Waals surface area contributed by atoms with Crippen molar-refractivity contribution in [1.29, 1.82) is 0 Å². The van der Waals surface area contributed by atoms with Gasteiger partial charge in [-0.15, -0.1) is 0 Å². The highest BCUT2D eigenvalue weighted by molar-refractivity contribution is 9.10. The van der Waals surface area contributed by atoms with Crippen LogP contribution in [0.15, 0.2) is 28.7 Å². The van der Waals surface area contributed by atoms with Crippen LogP contribution in [0.25, 0.3) is 0 Å². The zero-order valence-corrected chi connectivity index (χ0v) is 17.1. The summed E-state index contributed by atoms with van der Waals surface area (Å²) in [5, 5.41) is 0. The Labute approximate surface area is 154 Å². The van der Waals surface area contributed by atoms with Gasteiger partial charge in [-0.25, -0.2) is 4.79 Å². The van der Waals surface area contributed by atoms with E-state index in [1.807, 2.05) is 29.2 Å². The lowest BCUT2D eigenvalue weighted by Gasteiger charge is -2.38. The smallest absolute Gasteiger partial charge is 0.410 e. The highest BCUT2D eigenvalue weighted by Crippen LogP contribution is 2.36. The lowest BCUT2D eigenvalue weighted by atomic mass is 9.76. The SMILES string of the molecule is CC1(C)CCC(OC(=O)N(Cc2ccc(Br)cc2)C(C)(C)C)CC1. The van der Waals surface area contributed by atoms with E-state index in [0.717, 1.165) is 35.7 Å². The van der Waals surface area contributed by atoms with Crippen LogP contribution in [-0.2, 0) is 11.3 Å². The molecule has 0 atom stereocenters. The largest absolute Gasteiger partial charge is 0.446 e. The summed E-state index contributed by atoms with van der Waals surface area (Å²) in [5.41, 5.74) is 1.21. The summed E-state index contributed by atoms with van der Waals surface area (Å²) in [7, 11) is 0. The number of ether oxygens (including phenoxy) is 1. The number of hydrogen-bond acceptors (Lipinski definition) is 2. The Morgan fingerprint density at radius 1 is 1.21 bits per heavy atom. The number of amides is 1. The average Bonchev–Trinajstić information content (AvgIpc) is 2.47. The van der Waals surface area contributed by atoms with Crippen LogP contribution in [0, 0.1) is 5.41 Å². The maximum Gasteiger partial charge on any atom is 0.410 e. The lowest BCUT2D eigenvalue weighted by molar-refractivity contribution is 0.00725. The average molecular weight is 396 g/mol. The molecule has 24 heavy (non-hydrogen) atoms. The van der Waals surface area contributed by atoms with Gasteiger partial charge in [0.25, 0.3) is 0 Å². The summed E-state index contributed by atoms with van der Waals surface area (Å²) in [6.07, 6.45) is 4.03. The Bertz CT molecular complexity index is 550. The van der Waals surface area contributed by atoms with E-state index in [9.17, 15) is 4.79 Å². The number of halogens is 1. The second-order valence-electron chi connectivity index (χ2n) is 8.63. The molecule has 4 heteroatoms. The van der Waals surface area contributed by atoms with Gasteiger partial charge in [-0.1, -0.05) is 41.9 Å². The van der Waals surface area contributed by atoms with Crippen molar-refractivity contribution in [3.05, 3.63) is 34.3 Å². The minimum atomic E-state index is -0.280. The first-order chi connectivity index (χ1) is 11.1. The summed E-state index contributed by atoms with van der Waals surface area (Å²) in [6, 6.07) is 8.09. The Balaban J connectivity index is 2.02. The van der Waals surface area contributed by atoms with Crippen molar-refractivity contribution in [2.75, 3.05) is 0 Å². The van der Waals surface area contributed by atoms with Crippen molar-refractivity contribution in [1.82, 2.24) is 4.90 Å². The molecule has 0 saturated heterocycles. The molecule has 3 nitrogen and oxygen atoms in total. The van der Waals surface area contributed by atoms with Gasteiger partial charge < -0.3 is 4.74 Å². The Hall–Kier alpha value is -1.03. The molecule has 0 aromatic heterocycles. The molecule has 0 spiro atoms. The number of rotatable bonds is 3. The molecule has 1 aromatic rings. The first-order valence-electron chi connectivity index (χ1n) is 8.79. The van der Waals surface area contributed by atoms with E-state index >= 15 is 0 Å². The molecule has 1 fully saturated rings. The van der Waals surface area contributed by atoms with Crippen molar-refractivity contribution in [3.8, 4) is 0 Å². The lowest BCUT2D eigenvalue weighted by Crippen LogP contribution is -2.46. The van der Waals surface area contributed by atoms with Gasteiger partial charge in [-0.3, -0.25) is 4.90 Å². The van der Waals surface area contributed by atoms with Crippen LogP contribution in [0.1, 0.15) is 65.9 Å². The number of benzene rings is 1. The number of carbonyl (C=O) groups excluding carboxylic acids is 1. The molecule has 0 heterocycles. The monoisotopic (exact) mass is 395 g/mol. The molecule has 0 unspecified atom stereocenters. The summed E-state index contributed by atoms with van der Waals surface area (Å²) in [4.78, 5) is 14.6. The van der Waals surface area contributed by atoms with E-state index in [1.54, 1.807) is 0 Å². The normalized spacial score (nSPS) is 18.2. The Morgan fingerprint density at radius 2 is 1.75 bits per heavy atom. The minimum absolute atomic E-state index is 0.0558. The van der Waals surface area contributed by atoms with Crippen molar-refractivity contribution >= 4 is 22.0 Å². The van der Waals surface area contributed by atoms with Crippen LogP contribution >= 0.6 is 15.9 Å². The molecule has 0 aliphatic heterocycles. The third kappa shape index (κ3) is 5.51. The summed E-state index contributed by atoms with van der Waals surface area (Å²) >= 11 is 3.45. The summed E-state index contributed by atoms with van der Waals surface area (Å²) in [5.74, 6) is 0. The van der Waals surface area contributed by atoms with Gasteiger partial charge in [0.2, 0.25) is 0 Å². The third-order valence-corrected chi connectivity index (χ3v) is 5.37. The standard InChI is InChI=1S/C20H30BrNO2/c1-19(2,3)22(14-15-6-8-16(21)9-7-15)18(23)24-17-10-12-20(4,5)13-11-17/h6-9,17H,10-14H2,1-5H3. The first kappa shape index (κ1) is 19.3. The minimum Gasteiger partial charge on any atom is -0.446 e. The molecular weight excluding hydrogens is 366 g/mol. The summed E-state index contributed by atoms with van der Waals surface area (Å²) in [6.45, 7) is 11.3. The molecule has 0 bridgehead atoms. The van der Waals surface area contributed by atoms with E-state index in [4.69, 9.17) is 4.74 Å². The van der Waals surface area contributed by atoms with E-state index in [1.165, 1.54) is 0 Å². The van der Waals surface area contributed by atoms with Crippen LogP contribution in [0.2, 0.25) is 0 Å². The zero-order valence-electron chi connectivity index (χ0n) is 15.6. The van der Waals surface area contributed by atoms with E-state index in [0.29, 0.717) is 12.0 Å². The van der Waals surface area contributed by atoms with Gasteiger partial charge in [0.15, 0.2) is 0 Å². The number of nitrogens with zero attached hydrogens (tertiary/aromatic N) is 1. The first-order valence-corrected chi connectivity index (χ1v) is 9.59. The van der Waals surface area contributed by atoms with Crippen LogP contribution < -0.4 is 0 Å². The Morgan fingerprint density at radius 3 is 2.25 bits per heavy atom. The fraction of sp³-hybridized carbons (Fsp3) is 0.650. The molecule has 1 aliphatic rings. The van der Waals surface area contributed by atoms with Crippen LogP contribution in [0.5, 0.6) is 0 Å². The highest BCUT2D eigenvalue weighted by Gasteiger charge is 2.33. The van der Waals surface area contributed by atoms with E-state index in [2.05, 4.69) is 50.5 Å². The van der Waals surface area contributed by atoms with Crippen LogP contribution in [-0.4, -0.2) is 22.6 Å². The fourth-order valence-electron chi connectivity index (χ4n) is 3.04. The van der Waals surface area contributed by atoms with Gasteiger partial charge in [-0.05, 0) is 69.6 Å². The molecule has 2 rings (SSSR count). The van der Waals surface area contributed by atoms with E-state index < -0.39 is 0 Å².